The van der Waals surface area contributed by atoms with Gasteiger partial charge in [0.25, 0.3) is 5.91 Å². The highest BCUT2D eigenvalue weighted by Crippen LogP contribution is 2.15. The van der Waals surface area contributed by atoms with E-state index in [9.17, 15) is 4.79 Å². The van der Waals surface area contributed by atoms with Gasteiger partial charge in [-0.3, -0.25) is 4.79 Å². The maximum absolute atomic E-state index is 11.9. The van der Waals surface area contributed by atoms with E-state index in [4.69, 9.17) is 4.74 Å². The Morgan fingerprint density at radius 3 is 2.39 bits per heavy atom. The van der Waals surface area contributed by atoms with Crippen LogP contribution in [0.4, 0.5) is 5.69 Å². The Kier molecular flexibility index (Phi) is 7.39. The first-order valence-corrected chi connectivity index (χ1v) is 9.02. The van der Waals surface area contributed by atoms with Crippen LogP contribution in [0.3, 0.4) is 0 Å². The van der Waals surface area contributed by atoms with Gasteiger partial charge >= 0.3 is 0 Å². The van der Waals surface area contributed by atoms with E-state index in [0.29, 0.717) is 0 Å². The topological polar surface area (TPSA) is 38.3 Å². The SMILES string of the molecule is CCCCCc1ccc(OCC(=O)Nc2ccc(I)cc2)cc1. The number of benzene rings is 2. The van der Waals surface area contributed by atoms with E-state index in [1.807, 2.05) is 36.4 Å². The number of anilines is 1. The molecule has 0 heterocycles. The van der Waals surface area contributed by atoms with Crippen LogP contribution >= 0.6 is 22.6 Å². The maximum atomic E-state index is 11.9. The number of nitrogens with one attached hydrogen (secondary N) is 1. The molecule has 0 saturated carbocycles. The van der Waals surface area contributed by atoms with Crippen LogP contribution in [0.5, 0.6) is 5.75 Å². The molecule has 23 heavy (non-hydrogen) atoms. The zero-order chi connectivity index (χ0) is 16.5. The quantitative estimate of drug-likeness (QED) is 0.477. The van der Waals surface area contributed by atoms with Gasteiger partial charge in [0.05, 0.1) is 0 Å². The van der Waals surface area contributed by atoms with Gasteiger partial charge in [-0.2, -0.15) is 0 Å². The van der Waals surface area contributed by atoms with E-state index in [1.165, 1.54) is 24.8 Å². The molecule has 1 amide bonds. The molecule has 0 fully saturated rings. The Morgan fingerprint density at radius 2 is 1.74 bits per heavy atom. The van der Waals surface area contributed by atoms with Crippen LogP contribution in [0.25, 0.3) is 0 Å². The van der Waals surface area contributed by atoms with Gasteiger partial charge in [-0.05, 0) is 77.4 Å². The summed E-state index contributed by atoms with van der Waals surface area (Å²) in [4.78, 5) is 11.9. The minimum atomic E-state index is -0.154. The van der Waals surface area contributed by atoms with E-state index in [2.05, 4.69) is 47.0 Å². The molecule has 2 aromatic rings. The number of carbonyl (C=O) groups excluding carboxylic acids is 1. The van der Waals surface area contributed by atoms with Gasteiger partial charge in [0, 0.05) is 9.26 Å². The number of unbranched alkanes of at least 4 members (excludes halogenated alkanes) is 2. The standard InChI is InChI=1S/C19H22INO2/c1-2-3-4-5-15-6-12-18(13-7-15)23-14-19(22)21-17-10-8-16(20)9-11-17/h6-13H,2-5,14H2,1H3,(H,21,22). The zero-order valence-corrected chi connectivity index (χ0v) is 15.5. The normalized spacial score (nSPS) is 10.3. The fourth-order valence-electron chi connectivity index (χ4n) is 2.21. The van der Waals surface area contributed by atoms with Crippen molar-refractivity contribution in [1.29, 1.82) is 0 Å². The molecule has 122 valence electrons. The lowest BCUT2D eigenvalue weighted by Crippen LogP contribution is -2.20. The molecule has 0 radical (unpaired) electrons. The molecule has 0 aliphatic heterocycles. The van der Waals surface area contributed by atoms with E-state index >= 15 is 0 Å². The number of rotatable bonds is 8. The van der Waals surface area contributed by atoms with Crippen molar-refractivity contribution in [1.82, 2.24) is 0 Å². The molecular formula is C19H22INO2. The van der Waals surface area contributed by atoms with Gasteiger partial charge in [-0.15, -0.1) is 0 Å². The highest BCUT2D eigenvalue weighted by Gasteiger charge is 2.04. The predicted molar refractivity (Wildman–Crippen MR) is 103 cm³/mol. The van der Waals surface area contributed by atoms with Gasteiger partial charge in [-0.1, -0.05) is 31.9 Å². The van der Waals surface area contributed by atoms with Gasteiger partial charge in [0.1, 0.15) is 5.75 Å². The van der Waals surface area contributed by atoms with E-state index in [0.717, 1.165) is 21.4 Å². The first-order valence-electron chi connectivity index (χ1n) is 7.94. The minimum Gasteiger partial charge on any atom is -0.484 e. The molecule has 0 aromatic heterocycles. The van der Waals surface area contributed by atoms with Crippen LogP contribution in [-0.4, -0.2) is 12.5 Å². The van der Waals surface area contributed by atoms with Crippen molar-refractivity contribution < 1.29 is 9.53 Å². The number of amides is 1. The lowest BCUT2D eigenvalue weighted by atomic mass is 10.1. The second kappa shape index (κ2) is 9.55. The molecule has 4 heteroatoms. The largest absolute Gasteiger partial charge is 0.484 e. The summed E-state index contributed by atoms with van der Waals surface area (Å²) in [6.07, 6.45) is 4.81. The van der Waals surface area contributed by atoms with Crippen molar-refractivity contribution in [3.63, 3.8) is 0 Å². The predicted octanol–water partition coefficient (Wildman–Crippen LogP) is 5.04. The van der Waals surface area contributed by atoms with Gasteiger partial charge in [-0.25, -0.2) is 0 Å². The molecule has 0 saturated heterocycles. The Labute approximate surface area is 151 Å². The molecule has 0 bridgehead atoms. The van der Waals surface area contributed by atoms with Crippen LogP contribution in [-0.2, 0) is 11.2 Å². The monoisotopic (exact) mass is 423 g/mol. The summed E-state index contributed by atoms with van der Waals surface area (Å²) in [7, 11) is 0. The van der Waals surface area contributed by atoms with Gasteiger partial charge in [0.2, 0.25) is 0 Å². The Bertz CT molecular complexity index is 608. The van der Waals surface area contributed by atoms with E-state index < -0.39 is 0 Å². The molecule has 0 spiro atoms. The summed E-state index contributed by atoms with van der Waals surface area (Å²) in [5, 5.41) is 2.82. The van der Waals surface area contributed by atoms with Gasteiger partial charge in [0.15, 0.2) is 6.61 Å². The summed E-state index contributed by atoms with van der Waals surface area (Å²) in [5.74, 6) is 0.570. The second-order valence-corrected chi connectivity index (χ2v) is 6.69. The van der Waals surface area contributed by atoms with Gasteiger partial charge < -0.3 is 10.1 Å². The number of hydrogen-bond donors (Lipinski definition) is 1. The highest BCUT2D eigenvalue weighted by molar-refractivity contribution is 14.1. The first kappa shape index (κ1) is 17.8. The second-order valence-electron chi connectivity index (χ2n) is 5.44. The summed E-state index contributed by atoms with van der Waals surface area (Å²) >= 11 is 2.23. The zero-order valence-electron chi connectivity index (χ0n) is 13.3. The minimum absolute atomic E-state index is 0.0150. The molecule has 2 rings (SSSR count). The maximum Gasteiger partial charge on any atom is 0.262 e. The smallest absolute Gasteiger partial charge is 0.262 e. The lowest BCUT2D eigenvalue weighted by molar-refractivity contribution is -0.118. The van der Waals surface area contributed by atoms with Crippen LogP contribution in [0, 0.1) is 3.57 Å². The van der Waals surface area contributed by atoms with Crippen LogP contribution in [0.15, 0.2) is 48.5 Å². The molecule has 0 atom stereocenters. The van der Waals surface area contributed by atoms with Crippen molar-refractivity contribution in [3.05, 3.63) is 57.7 Å². The summed E-state index contributed by atoms with van der Waals surface area (Å²) in [6.45, 7) is 2.22. The Morgan fingerprint density at radius 1 is 1.04 bits per heavy atom. The van der Waals surface area contributed by atoms with Crippen molar-refractivity contribution in [3.8, 4) is 5.75 Å². The van der Waals surface area contributed by atoms with Crippen LogP contribution < -0.4 is 10.1 Å². The van der Waals surface area contributed by atoms with Crippen molar-refractivity contribution in [2.45, 2.75) is 32.6 Å². The lowest BCUT2D eigenvalue weighted by Gasteiger charge is -2.08. The van der Waals surface area contributed by atoms with Crippen LogP contribution in [0.2, 0.25) is 0 Å². The molecule has 1 N–H and O–H groups in total. The molecule has 0 unspecified atom stereocenters. The third-order valence-electron chi connectivity index (χ3n) is 3.49. The Balaban J connectivity index is 1.76. The number of aryl methyl sites for hydroxylation is 1. The average molecular weight is 423 g/mol. The van der Waals surface area contributed by atoms with E-state index in [1.54, 1.807) is 0 Å². The third-order valence-corrected chi connectivity index (χ3v) is 4.21. The van der Waals surface area contributed by atoms with Crippen molar-refractivity contribution in [2.75, 3.05) is 11.9 Å². The third kappa shape index (κ3) is 6.60. The molecule has 0 aliphatic rings. The number of hydrogen-bond acceptors (Lipinski definition) is 2. The fourth-order valence-corrected chi connectivity index (χ4v) is 2.57. The number of ether oxygens (including phenoxy) is 1. The number of carbonyl (C=O) groups is 1. The highest BCUT2D eigenvalue weighted by atomic mass is 127. The van der Waals surface area contributed by atoms with Crippen LogP contribution in [0.1, 0.15) is 31.7 Å². The van der Waals surface area contributed by atoms with Crippen molar-refractivity contribution >= 4 is 34.2 Å². The summed E-state index contributed by atoms with van der Waals surface area (Å²) < 4.78 is 6.67. The average Bonchev–Trinajstić information content (AvgIpc) is 2.56. The first-order chi connectivity index (χ1) is 11.2. The Hall–Kier alpha value is -1.56. The summed E-state index contributed by atoms with van der Waals surface area (Å²) in [5.41, 5.74) is 2.10. The fraction of sp³-hybridized carbons (Fsp3) is 0.316. The molecule has 3 nitrogen and oxygen atoms in total. The number of halogens is 1. The van der Waals surface area contributed by atoms with E-state index in [-0.39, 0.29) is 12.5 Å². The molecular weight excluding hydrogens is 401 g/mol. The summed E-state index contributed by atoms with van der Waals surface area (Å²) in [6, 6.07) is 15.7. The molecule has 2 aromatic carbocycles. The molecule has 0 aliphatic carbocycles. The van der Waals surface area contributed by atoms with Crippen molar-refractivity contribution in [2.24, 2.45) is 0 Å².